The summed E-state index contributed by atoms with van der Waals surface area (Å²) < 4.78 is 3.74. The summed E-state index contributed by atoms with van der Waals surface area (Å²) in [6.45, 7) is 7.50. The van der Waals surface area contributed by atoms with Gasteiger partial charge in [-0.3, -0.25) is 0 Å². The first-order valence-electron chi connectivity index (χ1n) is 7.87. The Bertz CT molecular complexity index is 657. The van der Waals surface area contributed by atoms with Gasteiger partial charge >= 0.3 is 138 Å². The molecular formula is C19H23Cl2SiZr. The SMILES string of the molecule is CC1=[C]([Zr+2]([C]2=C(c3ccccc3)C=CC2)[SiH](C)C)CC=C1.[Cl-].[Cl-]. The van der Waals surface area contributed by atoms with Crippen molar-refractivity contribution < 1.29 is 45.7 Å². The van der Waals surface area contributed by atoms with Crippen LogP contribution < -0.4 is 24.8 Å². The Morgan fingerprint density at radius 1 is 0.870 bits per heavy atom. The maximum absolute atomic E-state index is 2.58. The van der Waals surface area contributed by atoms with Gasteiger partial charge in [-0.05, 0) is 0 Å². The minimum absolute atomic E-state index is 0. The summed E-state index contributed by atoms with van der Waals surface area (Å²) in [5.74, 6) is -0.591. The average Bonchev–Trinajstić information content (AvgIpc) is 3.10. The van der Waals surface area contributed by atoms with E-state index in [0.29, 0.717) is 0 Å². The van der Waals surface area contributed by atoms with Crippen molar-refractivity contribution in [2.45, 2.75) is 32.9 Å². The molecule has 0 saturated heterocycles. The van der Waals surface area contributed by atoms with Crippen LogP contribution in [0.3, 0.4) is 0 Å². The largest absolute Gasteiger partial charge is 1.00 e. The molecule has 0 amide bonds. The fourth-order valence-corrected chi connectivity index (χ4v) is 23.9. The smallest absolute Gasteiger partial charge is 1.00 e. The minimum atomic E-state index is -1.61. The third kappa shape index (κ3) is 4.48. The van der Waals surface area contributed by atoms with Crippen LogP contribution in [0.4, 0.5) is 0 Å². The van der Waals surface area contributed by atoms with Crippen LogP contribution in [0.2, 0.25) is 13.1 Å². The number of allylic oxidation sites excluding steroid dienone is 8. The van der Waals surface area contributed by atoms with Gasteiger partial charge in [0.05, 0.1) is 0 Å². The Balaban J connectivity index is 0.00000132. The van der Waals surface area contributed by atoms with E-state index < -0.39 is 26.8 Å². The van der Waals surface area contributed by atoms with E-state index in [1.54, 1.807) is 11.1 Å². The fourth-order valence-electron chi connectivity index (χ4n) is 3.46. The van der Waals surface area contributed by atoms with E-state index in [-0.39, 0.29) is 24.8 Å². The van der Waals surface area contributed by atoms with Gasteiger partial charge in [-0.15, -0.1) is 0 Å². The molecule has 0 heterocycles. The number of halogens is 2. The quantitative estimate of drug-likeness (QED) is 0.537. The molecule has 0 saturated carbocycles. The Labute approximate surface area is 161 Å². The second kappa shape index (κ2) is 9.37. The second-order valence-electron chi connectivity index (χ2n) is 6.20. The Morgan fingerprint density at radius 2 is 1.48 bits per heavy atom. The zero-order chi connectivity index (χ0) is 14.8. The Morgan fingerprint density at radius 3 is 2.04 bits per heavy atom. The normalized spacial score (nSPS) is 16.0. The molecule has 0 aliphatic heterocycles. The summed E-state index contributed by atoms with van der Waals surface area (Å²) in [7, 11) is 0. The van der Waals surface area contributed by atoms with Crippen molar-refractivity contribution in [1.29, 1.82) is 0 Å². The van der Waals surface area contributed by atoms with Gasteiger partial charge in [0.15, 0.2) is 0 Å². The van der Waals surface area contributed by atoms with Crippen molar-refractivity contribution >= 4 is 11.5 Å². The van der Waals surface area contributed by atoms with E-state index in [2.05, 4.69) is 74.7 Å². The third-order valence-corrected chi connectivity index (χ3v) is 24.0. The molecule has 0 nitrogen and oxygen atoms in total. The molecule has 2 aliphatic rings. The Hall–Kier alpha value is -0.140. The predicted octanol–water partition coefficient (Wildman–Crippen LogP) is -0.799. The van der Waals surface area contributed by atoms with Crippen molar-refractivity contribution in [2.24, 2.45) is 0 Å². The second-order valence-corrected chi connectivity index (χ2v) is 25.4. The zero-order valence-electron chi connectivity index (χ0n) is 13.9. The van der Waals surface area contributed by atoms with E-state index in [1.165, 1.54) is 18.4 Å². The molecule has 4 heteroatoms. The topological polar surface area (TPSA) is 0 Å². The van der Waals surface area contributed by atoms with Crippen LogP contribution >= 0.6 is 0 Å². The number of hydrogen-bond acceptors (Lipinski definition) is 0. The Kier molecular flexibility index (Phi) is 8.52. The maximum atomic E-state index is 2.58. The van der Waals surface area contributed by atoms with Crippen molar-refractivity contribution in [2.75, 3.05) is 0 Å². The molecule has 0 bridgehead atoms. The average molecular weight is 442 g/mol. The number of benzene rings is 1. The van der Waals surface area contributed by atoms with Crippen LogP contribution in [0, 0.1) is 0 Å². The monoisotopic (exact) mass is 439 g/mol. The molecule has 0 unspecified atom stereocenters. The van der Waals surface area contributed by atoms with Crippen molar-refractivity contribution in [1.82, 2.24) is 0 Å². The van der Waals surface area contributed by atoms with Crippen molar-refractivity contribution in [3.63, 3.8) is 0 Å². The van der Waals surface area contributed by atoms with E-state index in [9.17, 15) is 0 Å². The van der Waals surface area contributed by atoms with Crippen LogP contribution in [-0.4, -0.2) is 5.92 Å². The molecule has 3 rings (SSSR count). The third-order valence-electron chi connectivity index (χ3n) is 4.41. The molecule has 2 aliphatic carbocycles. The van der Waals surface area contributed by atoms with Crippen LogP contribution in [-0.2, 0) is 20.9 Å². The minimum Gasteiger partial charge on any atom is -1.00 e. The van der Waals surface area contributed by atoms with E-state index in [4.69, 9.17) is 0 Å². The zero-order valence-corrected chi connectivity index (χ0v) is 19.1. The summed E-state index contributed by atoms with van der Waals surface area (Å²) in [4.78, 5) is 0. The molecular weight excluding hydrogens is 418 g/mol. The molecule has 0 radical (unpaired) electrons. The van der Waals surface area contributed by atoms with Gasteiger partial charge in [0.25, 0.3) is 0 Å². The molecule has 1 aromatic rings. The van der Waals surface area contributed by atoms with Crippen LogP contribution in [0.5, 0.6) is 0 Å². The van der Waals surface area contributed by atoms with E-state index in [0.717, 1.165) is 0 Å². The van der Waals surface area contributed by atoms with Gasteiger partial charge in [-0.25, -0.2) is 0 Å². The summed E-state index contributed by atoms with van der Waals surface area (Å²) in [5.41, 5.74) is 4.59. The molecule has 23 heavy (non-hydrogen) atoms. The number of hydrogen-bond donors (Lipinski definition) is 0. The van der Waals surface area contributed by atoms with E-state index in [1.807, 2.05) is 6.56 Å². The molecule has 0 N–H and O–H groups in total. The molecule has 0 fully saturated rings. The van der Waals surface area contributed by atoms with Crippen molar-refractivity contribution in [3.05, 3.63) is 72.3 Å². The molecule has 0 atom stereocenters. The molecule has 1 aromatic carbocycles. The summed E-state index contributed by atoms with van der Waals surface area (Å²) in [6.07, 6.45) is 12.0. The molecule has 0 aromatic heterocycles. The fraction of sp³-hybridized carbons (Fsp3) is 0.263. The van der Waals surface area contributed by atoms with Gasteiger partial charge < -0.3 is 24.8 Å². The van der Waals surface area contributed by atoms with Gasteiger partial charge in [0, 0.05) is 0 Å². The van der Waals surface area contributed by atoms with E-state index >= 15 is 0 Å². The first-order valence-corrected chi connectivity index (χ1v) is 17.5. The summed E-state index contributed by atoms with van der Waals surface area (Å²) in [6, 6.07) is 11.0. The summed E-state index contributed by atoms with van der Waals surface area (Å²) in [5, 5.41) is 0. The standard InChI is InChI=1S/C11H9.C6H7.C2H7Si.2ClH.Zr/c1-2-6-10(7-3-1)11-8-4-5-9-11;1-6-4-2-3-5-6;1-3-2;;;/h1-4,6-8H,5H2;2,4H,3H2,1H3;3H,1-2H3;2*1H;/q;;;;;+2/p-2. The molecule has 0 spiro atoms. The van der Waals surface area contributed by atoms with Crippen LogP contribution in [0.1, 0.15) is 25.3 Å². The predicted molar refractivity (Wildman–Crippen MR) is 92.5 cm³/mol. The van der Waals surface area contributed by atoms with Gasteiger partial charge in [0.2, 0.25) is 0 Å². The van der Waals surface area contributed by atoms with Crippen molar-refractivity contribution in [3.8, 4) is 0 Å². The van der Waals surface area contributed by atoms with Crippen LogP contribution in [0.15, 0.2) is 66.8 Å². The van der Waals surface area contributed by atoms with Gasteiger partial charge in [0.1, 0.15) is 0 Å². The molecule has 121 valence electrons. The van der Waals surface area contributed by atoms with Crippen LogP contribution in [0.25, 0.3) is 5.57 Å². The summed E-state index contributed by atoms with van der Waals surface area (Å²) >= 11 is -1.61. The maximum Gasteiger partial charge on any atom is -1.00 e. The van der Waals surface area contributed by atoms with Gasteiger partial charge in [-0.1, -0.05) is 0 Å². The number of rotatable bonds is 4. The first kappa shape index (κ1) is 20.9. The first-order chi connectivity index (χ1) is 10.2. The van der Waals surface area contributed by atoms with Gasteiger partial charge in [-0.2, -0.15) is 0 Å².